The molecule has 4 aromatic rings. The van der Waals surface area contributed by atoms with Crippen LogP contribution in [-0.4, -0.2) is 40.6 Å². The van der Waals surface area contributed by atoms with E-state index >= 15 is 0 Å². The minimum Gasteiger partial charge on any atom is -0.494 e. The molecule has 6 heteroatoms. The third-order valence-corrected chi connectivity index (χ3v) is 7.53. The Morgan fingerprint density at radius 3 is 2.27 bits per heavy atom. The van der Waals surface area contributed by atoms with E-state index in [1.807, 2.05) is 89.8 Å². The first kappa shape index (κ1) is 25.8. The lowest BCUT2D eigenvalue weighted by Gasteiger charge is -2.32. The highest BCUT2D eigenvalue weighted by Gasteiger charge is 2.56. The van der Waals surface area contributed by atoms with Crippen molar-refractivity contribution < 1.29 is 19.4 Å². The van der Waals surface area contributed by atoms with Gasteiger partial charge in [0, 0.05) is 43.7 Å². The zero-order valence-corrected chi connectivity index (χ0v) is 22.3. The van der Waals surface area contributed by atoms with Crippen LogP contribution >= 0.6 is 0 Å². The van der Waals surface area contributed by atoms with Crippen molar-refractivity contribution in [2.75, 3.05) is 13.2 Å². The number of aliphatic hydroxyl groups excluding tert-OH is 1. The van der Waals surface area contributed by atoms with E-state index in [2.05, 4.69) is 24.3 Å². The molecule has 6 nitrogen and oxygen atoms in total. The van der Waals surface area contributed by atoms with Crippen LogP contribution in [0.3, 0.4) is 0 Å². The zero-order chi connectivity index (χ0) is 27.4. The maximum Gasteiger partial charge on any atom is 0.255 e. The Hall–Kier alpha value is -4.42. The average molecular weight is 533 g/mol. The second kappa shape index (κ2) is 11.4. The third kappa shape index (κ3) is 5.10. The summed E-state index contributed by atoms with van der Waals surface area (Å²) in [6, 6.07) is 35.9. The Kier molecular flexibility index (Phi) is 7.34. The predicted octanol–water partition coefficient (Wildman–Crippen LogP) is 5.49. The van der Waals surface area contributed by atoms with E-state index in [4.69, 9.17) is 19.6 Å². The molecule has 6 rings (SSSR count). The van der Waals surface area contributed by atoms with Gasteiger partial charge in [0.1, 0.15) is 5.75 Å². The summed E-state index contributed by atoms with van der Waals surface area (Å²) in [6.07, 6.45) is 0.429. The third-order valence-electron chi connectivity index (χ3n) is 7.53. The van der Waals surface area contributed by atoms with Crippen molar-refractivity contribution in [1.29, 1.82) is 0 Å². The van der Waals surface area contributed by atoms with Gasteiger partial charge in [-0.2, -0.15) is 0 Å². The lowest BCUT2D eigenvalue weighted by molar-refractivity contribution is -0.140. The molecule has 4 aromatic carbocycles. The van der Waals surface area contributed by atoms with Gasteiger partial charge in [-0.05, 0) is 41.0 Å². The normalized spacial score (nSPS) is 19.7. The predicted molar refractivity (Wildman–Crippen MR) is 154 cm³/mol. The van der Waals surface area contributed by atoms with Gasteiger partial charge >= 0.3 is 0 Å². The van der Waals surface area contributed by atoms with Gasteiger partial charge in [-0.25, -0.2) is 4.99 Å². The number of amides is 1. The van der Waals surface area contributed by atoms with Crippen molar-refractivity contribution in [3.05, 3.63) is 137 Å². The van der Waals surface area contributed by atoms with Crippen molar-refractivity contribution in [3.63, 3.8) is 0 Å². The maximum atomic E-state index is 14.7. The molecule has 2 atom stereocenters. The Labute approximate surface area is 234 Å². The number of benzene rings is 4. The summed E-state index contributed by atoms with van der Waals surface area (Å²) in [5.41, 5.74) is 3.78. The number of hydrogen-bond acceptors (Lipinski definition) is 5. The smallest absolute Gasteiger partial charge is 0.255 e. The monoisotopic (exact) mass is 532 g/mol. The topological polar surface area (TPSA) is 71.4 Å². The van der Waals surface area contributed by atoms with Crippen LogP contribution in [0.2, 0.25) is 0 Å². The largest absolute Gasteiger partial charge is 0.494 e. The summed E-state index contributed by atoms with van der Waals surface area (Å²) in [4.78, 5) is 21.8. The number of aliphatic imine (C=N–C) groups is 1. The molecule has 2 aliphatic heterocycles. The molecule has 0 saturated carbocycles. The van der Waals surface area contributed by atoms with E-state index < -0.39 is 11.6 Å². The van der Waals surface area contributed by atoms with E-state index in [1.165, 1.54) is 0 Å². The van der Waals surface area contributed by atoms with Crippen LogP contribution in [0.1, 0.15) is 40.3 Å². The summed E-state index contributed by atoms with van der Waals surface area (Å²) in [7, 11) is 0. The first-order valence-electron chi connectivity index (χ1n) is 13.7. The van der Waals surface area contributed by atoms with Gasteiger partial charge in [0.2, 0.25) is 5.90 Å². The van der Waals surface area contributed by atoms with Gasteiger partial charge in [0.05, 0.1) is 6.61 Å². The number of aliphatic hydroxyl groups is 1. The first-order valence-corrected chi connectivity index (χ1v) is 13.7. The Balaban J connectivity index is 1.43. The van der Waals surface area contributed by atoms with E-state index in [9.17, 15) is 4.79 Å². The molecule has 1 amide bonds. The molecular formula is C34H32N2O4. The van der Waals surface area contributed by atoms with Gasteiger partial charge < -0.3 is 19.5 Å². The van der Waals surface area contributed by atoms with Crippen molar-refractivity contribution >= 4 is 11.8 Å². The van der Waals surface area contributed by atoms with Crippen LogP contribution in [0.25, 0.3) is 0 Å². The van der Waals surface area contributed by atoms with E-state index in [1.54, 1.807) is 0 Å². The van der Waals surface area contributed by atoms with E-state index in [0.29, 0.717) is 44.2 Å². The molecule has 202 valence electrons. The molecule has 0 bridgehead atoms. The van der Waals surface area contributed by atoms with Crippen molar-refractivity contribution in [2.45, 2.75) is 37.6 Å². The standard InChI is InChI=1S/C34H32N2O4/c37-20-9-21-39-29-18-16-27(17-19-29)32-35-34(22-25-10-3-1-4-11-25)31(40-32)30-15-8-7-14-28(30)24-36(33(34)38)23-26-12-5-2-6-13-26/h1-8,10-19,31,37H,9,20-24H2/t31-,34-/m0/s1. The number of rotatable bonds is 9. The number of carbonyl (C=O) groups excluding carboxylic acids is 1. The van der Waals surface area contributed by atoms with Crippen molar-refractivity contribution in [2.24, 2.45) is 4.99 Å². The van der Waals surface area contributed by atoms with Crippen LogP contribution < -0.4 is 4.74 Å². The molecule has 0 saturated heterocycles. The van der Waals surface area contributed by atoms with E-state index in [-0.39, 0.29) is 12.5 Å². The van der Waals surface area contributed by atoms with E-state index in [0.717, 1.165) is 27.8 Å². The fourth-order valence-corrected chi connectivity index (χ4v) is 5.57. The van der Waals surface area contributed by atoms with Gasteiger partial charge in [-0.1, -0.05) is 84.9 Å². The fraction of sp³-hybridized carbons (Fsp3) is 0.235. The minimum atomic E-state index is -1.16. The number of nitrogens with zero attached hydrogens (tertiary/aromatic N) is 2. The lowest BCUT2D eigenvalue weighted by Crippen LogP contribution is -2.49. The second-order valence-corrected chi connectivity index (χ2v) is 10.3. The van der Waals surface area contributed by atoms with Crippen LogP contribution in [-0.2, 0) is 29.0 Å². The lowest BCUT2D eigenvalue weighted by atomic mass is 9.81. The van der Waals surface area contributed by atoms with Crippen LogP contribution in [0.5, 0.6) is 5.75 Å². The number of hydrogen-bond donors (Lipinski definition) is 1. The molecular weight excluding hydrogens is 500 g/mol. The summed E-state index contributed by atoms with van der Waals surface area (Å²) in [5, 5.41) is 9.03. The highest BCUT2D eigenvalue weighted by molar-refractivity contribution is 6.01. The molecule has 0 unspecified atom stereocenters. The summed E-state index contributed by atoms with van der Waals surface area (Å²) < 4.78 is 12.4. The molecule has 0 radical (unpaired) electrons. The summed E-state index contributed by atoms with van der Waals surface area (Å²) >= 11 is 0. The van der Waals surface area contributed by atoms with Gasteiger partial charge in [0.15, 0.2) is 11.6 Å². The zero-order valence-electron chi connectivity index (χ0n) is 22.3. The minimum absolute atomic E-state index is 0.0413. The van der Waals surface area contributed by atoms with Crippen molar-refractivity contribution in [1.82, 2.24) is 4.90 Å². The Morgan fingerprint density at radius 1 is 0.875 bits per heavy atom. The van der Waals surface area contributed by atoms with Crippen LogP contribution in [0.15, 0.2) is 114 Å². The van der Waals surface area contributed by atoms with Crippen LogP contribution in [0, 0.1) is 0 Å². The van der Waals surface area contributed by atoms with Gasteiger partial charge in [-0.15, -0.1) is 0 Å². The SMILES string of the molecule is O=C1N(Cc2ccccc2)Cc2ccccc2[C@@H]2OC(c3ccc(OCCCO)cc3)=N[C@]12Cc1ccccc1. The van der Waals surface area contributed by atoms with Gasteiger partial charge in [0.25, 0.3) is 5.91 Å². The first-order chi connectivity index (χ1) is 19.7. The number of carbonyl (C=O) groups is 1. The maximum absolute atomic E-state index is 14.7. The van der Waals surface area contributed by atoms with Crippen LogP contribution in [0.4, 0.5) is 0 Å². The fourth-order valence-electron chi connectivity index (χ4n) is 5.57. The molecule has 1 N–H and O–H groups in total. The Morgan fingerprint density at radius 2 is 1.55 bits per heavy atom. The second-order valence-electron chi connectivity index (χ2n) is 10.3. The quantitative estimate of drug-likeness (QED) is 0.290. The highest BCUT2D eigenvalue weighted by atomic mass is 16.5. The Bertz CT molecular complexity index is 1490. The number of fused-ring (bicyclic) bond motifs is 3. The van der Waals surface area contributed by atoms with Gasteiger partial charge in [-0.3, -0.25) is 4.79 Å². The average Bonchev–Trinajstić information content (AvgIpc) is 3.34. The number of ether oxygens (including phenoxy) is 2. The molecule has 0 aromatic heterocycles. The molecule has 2 aliphatic rings. The molecule has 0 aliphatic carbocycles. The summed E-state index contributed by atoms with van der Waals surface area (Å²) in [6.45, 7) is 1.51. The molecule has 0 spiro atoms. The summed E-state index contributed by atoms with van der Waals surface area (Å²) in [5.74, 6) is 1.12. The molecule has 40 heavy (non-hydrogen) atoms. The van der Waals surface area contributed by atoms with Crippen molar-refractivity contribution in [3.8, 4) is 5.75 Å². The highest BCUT2D eigenvalue weighted by Crippen LogP contribution is 2.46. The molecule has 0 fully saturated rings. The molecule has 2 heterocycles.